The summed E-state index contributed by atoms with van der Waals surface area (Å²) >= 11 is 0. The van der Waals surface area contributed by atoms with Gasteiger partial charge in [0, 0.05) is 6.54 Å². The van der Waals surface area contributed by atoms with E-state index in [1.165, 1.54) is 22.3 Å². The molecule has 2 N–H and O–H groups in total. The van der Waals surface area contributed by atoms with E-state index in [1.54, 1.807) is 0 Å². The highest BCUT2D eigenvalue weighted by Crippen LogP contribution is 2.31. The van der Waals surface area contributed by atoms with Gasteiger partial charge >= 0.3 is 0 Å². The second-order valence-electron chi connectivity index (χ2n) is 4.60. The number of hydrogen-bond donors (Lipinski definition) is 1. The normalized spacial score (nSPS) is 10.2. The Morgan fingerprint density at radius 1 is 0.889 bits per heavy atom. The summed E-state index contributed by atoms with van der Waals surface area (Å²) in [6.45, 7) is 5.04. The first-order valence-corrected chi connectivity index (χ1v) is 6.11. The molecule has 2 aromatic rings. The molecule has 2 heteroatoms. The lowest BCUT2D eigenvalue weighted by Gasteiger charge is -2.15. The van der Waals surface area contributed by atoms with Crippen molar-refractivity contribution in [1.29, 1.82) is 0 Å². The van der Waals surface area contributed by atoms with Gasteiger partial charge in [0.25, 0.3) is 0 Å². The summed E-state index contributed by atoms with van der Waals surface area (Å²) in [6, 6.07) is 17.0. The van der Waals surface area contributed by atoms with Crippen LogP contribution in [-0.2, 0) is 6.54 Å². The van der Waals surface area contributed by atoms with Crippen molar-refractivity contribution < 1.29 is 0 Å². The average Bonchev–Trinajstić information content (AvgIpc) is 2.38. The average molecular weight is 262 g/mol. The van der Waals surface area contributed by atoms with E-state index in [4.69, 9.17) is 5.73 Å². The van der Waals surface area contributed by atoms with Crippen LogP contribution in [0.2, 0.25) is 0 Å². The molecule has 0 atom stereocenters. The van der Waals surface area contributed by atoms with Crippen LogP contribution in [-0.4, -0.2) is 0 Å². The largest absolute Gasteiger partial charge is 0.326 e. The van der Waals surface area contributed by atoms with E-state index in [2.05, 4.69) is 56.3 Å². The van der Waals surface area contributed by atoms with E-state index >= 15 is 0 Å². The summed E-state index contributed by atoms with van der Waals surface area (Å²) in [5, 5.41) is 0. The van der Waals surface area contributed by atoms with E-state index in [0.29, 0.717) is 12.5 Å². The number of benzene rings is 2. The van der Waals surface area contributed by atoms with Crippen molar-refractivity contribution >= 4 is 12.4 Å². The highest BCUT2D eigenvalue weighted by atomic mass is 35.5. The third-order valence-electron chi connectivity index (χ3n) is 3.11. The summed E-state index contributed by atoms with van der Waals surface area (Å²) in [7, 11) is 0. The zero-order valence-electron chi connectivity index (χ0n) is 10.9. The first kappa shape index (κ1) is 14.7. The Morgan fingerprint density at radius 3 is 2.06 bits per heavy atom. The summed E-state index contributed by atoms with van der Waals surface area (Å²) < 4.78 is 0. The molecule has 0 unspecified atom stereocenters. The minimum Gasteiger partial charge on any atom is -0.326 e. The van der Waals surface area contributed by atoms with Gasteiger partial charge in [-0.3, -0.25) is 0 Å². The molecule has 2 rings (SSSR count). The number of rotatable bonds is 3. The van der Waals surface area contributed by atoms with Gasteiger partial charge < -0.3 is 5.73 Å². The van der Waals surface area contributed by atoms with Crippen molar-refractivity contribution in [1.82, 2.24) is 0 Å². The highest BCUT2D eigenvalue weighted by Gasteiger charge is 2.09. The molecule has 2 aromatic carbocycles. The molecule has 0 saturated carbocycles. The fourth-order valence-corrected chi connectivity index (χ4v) is 2.21. The van der Waals surface area contributed by atoms with Gasteiger partial charge in [0.2, 0.25) is 0 Å². The minimum atomic E-state index is 0. The molecule has 0 spiro atoms. The Hall–Kier alpha value is -1.31. The van der Waals surface area contributed by atoms with Crippen LogP contribution in [0.3, 0.4) is 0 Å². The van der Waals surface area contributed by atoms with Crippen LogP contribution in [0.5, 0.6) is 0 Å². The zero-order valence-corrected chi connectivity index (χ0v) is 11.7. The van der Waals surface area contributed by atoms with Gasteiger partial charge in [-0.2, -0.15) is 0 Å². The molecular formula is C16H20ClN. The SMILES string of the molecule is CC(C)c1ccccc1-c1ccccc1CN.Cl. The van der Waals surface area contributed by atoms with Gasteiger partial charge in [-0.05, 0) is 28.2 Å². The Bertz CT molecular complexity index is 506. The first-order chi connectivity index (χ1) is 8.24. The van der Waals surface area contributed by atoms with Gasteiger partial charge in [-0.1, -0.05) is 62.4 Å². The lowest BCUT2D eigenvalue weighted by atomic mass is 9.90. The molecule has 0 heterocycles. The fraction of sp³-hybridized carbons (Fsp3) is 0.250. The van der Waals surface area contributed by atoms with E-state index < -0.39 is 0 Å². The molecule has 96 valence electrons. The fourth-order valence-electron chi connectivity index (χ4n) is 2.21. The van der Waals surface area contributed by atoms with Gasteiger partial charge in [0.05, 0.1) is 0 Å². The maximum atomic E-state index is 5.81. The Kier molecular flexibility index (Phi) is 5.39. The summed E-state index contributed by atoms with van der Waals surface area (Å²) in [5.74, 6) is 0.525. The molecule has 0 radical (unpaired) electrons. The van der Waals surface area contributed by atoms with Crippen LogP contribution >= 0.6 is 12.4 Å². The quantitative estimate of drug-likeness (QED) is 0.873. The molecule has 0 fully saturated rings. The van der Waals surface area contributed by atoms with Crippen molar-refractivity contribution in [3.05, 3.63) is 59.7 Å². The zero-order chi connectivity index (χ0) is 12.3. The van der Waals surface area contributed by atoms with Crippen LogP contribution in [0.25, 0.3) is 11.1 Å². The molecule has 0 aliphatic heterocycles. The lowest BCUT2D eigenvalue weighted by Crippen LogP contribution is -2.00. The Morgan fingerprint density at radius 2 is 1.44 bits per heavy atom. The number of halogens is 1. The van der Waals surface area contributed by atoms with E-state index in [1.807, 2.05) is 6.07 Å². The highest BCUT2D eigenvalue weighted by molar-refractivity contribution is 5.85. The molecule has 0 saturated heterocycles. The van der Waals surface area contributed by atoms with Crippen LogP contribution in [0.15, 0.2) is 48.5 Å². The molecule has 0 aromatic heterocycles. The molecule has 18 heavy (non-hydrogen) atoms. The second kappa shape index (κ2) is 6.58. The van der Waals surface area contributed by atoms with E-state index in [9.17, 15) is 0 Å². The van der Waals surface area contributed by atoms with E-state index in [0.717, 1.165) is 0 Å². The smallest absolute Gasteiger partial charge is 0.0184 e. The predicted molar refractivity (Wildman–Crippen MR) is 81.1 cm³/mol. The second-order valence-corrected chi connectivity index (χ2v) is 4.60. The Balaban J connectivity index is 0.00000162. The Labute approximate surface area is 115 Å². The molecule has 0 aliphatic carbocycles. The summed E-state index contributed by atoms with van der Waals surface area (Å²) in [4.78, 5) is 0. The van der Waals surface area contributed by atoms with Gasteiger partial charge in [-0.25, -0.2) is 0 Å². The monoisotopic (exact) mass is 261 g/mol. The predicted octanol–water partition coefficient (Wildman–Crippen LogP) is 4.36. The third kappa shape index (κ3) is 2.92. The van der Waals surface area contributed by atoms with Crippen LogP contribution in [0, 0.1) is 0 Å². The van der Waals surface area contributed by atoms with Crippen molar-refractivity contribution in [3.63, 3.8) is 0 Å². The molecule has 0 bridgehead atoms. The first-order valence-electron chi connectivity index (χ1n) is 6.11. The number of nitrogens with two attached hydrogens (primary N) is 1. The standard InChI is InChI=1S/C16H19N.ClH/c1-12(2)14-8-5-6-10-16(14)15-9-4-3-7-13(15)11-17;/h3-10,12H,11,17H2,1-2H3;1H. The molecule has 0 aliphatic rings. The van der Waals surface area contributed by atoms with Crippen molar-refractivity contribution in [3.8, 4) is 11.1 Å². The maximum absolute atomic E-state index is 5.81. The van der Waals surface area contributed by atoms with Gasteiger partial charge in [0.1, 0.15) is 0 Å². The van der Waals surface area contributed by atoms with E-state index in [-0.39, 0.29) is 12.4 Å². The third-order valence-corrected chi connectivity index (χ3v) is 3.11. The molecule has 1 nitrogen and oxygen atoms in total. The lowest BCUT2D eigenvalue weighted by molar-refractivity contribution is 0.868. The minimum absolute atomic E-state index is 0. The summed E-state index contributed by atoms with van der Waals surface area (Å²) in [5.41, 5.74) is 11.0. The van der Waals surface area contributed by atoms with Crippen molar-refractivity contribution in [2.45, 2.75) is 26.3 Å². The van der Waals surface area contributed by atoms with Crippen LogP contribution in [0.4, 0.5) is 0 Å². The van der Waals surface area contributed by atoms with Crippen LogP contribution in [0.1, 0.15) is 30.9 Å². The number of hydrogen-bond acceptors (Lipinski definition) is 1. The van der Waals surface area contributed by atoms with Gasteiger partial charge in [-0.15, -0.1) is 12.4 Å². The summed E-state index contributed by atoms with van der Waals surface area (Å²) in [6.07, 6.45) is 0. The topological polar surface area (TPSA) is 26.0 Å². The molecule has 0 amide bonds. The maximum Gasteiger partial charge on any atom is 0.0184 e. The van der Waals surface area contributed by atoms with Crippen molar-refractivity contribution in [2.24, 2.45) is 5.73 Å². The van der Waals surface area contributed by atoms with Crippen LogP contribution < -0.4 is 5.73 Å². The molecular weight excluding hydrogens is 242 g/mol. The van der Waals surface area contributed by atoms with Gasteiger partial charge in [0.15, 0.2) is 0 Å². The van der Waals surface area contributed by atoms with Crippen molar-refractivity contribution in [2.75, 3.05) is 0 Å².